The largest absolute Gasteiger partial charge is 0.496 e. The molecule has 214 valence electrons. The fraction of sp³-hybridized carbons (Fsp3) is 0.303. The Morgan fingerprint density at radius 3 is 2.39 bits per heavy atom. The number of allylic oxidation sites excluding steroid dienone is 1. The number of halogens is 4. The number of carbonyl (C=O) groups is 1. The Hall–Kier alpha value is -3.91. The zero-order valence-electron chi connectivity index (χ0n) is 22.7. The van der Waals surface area contributed by atoms with E-state index in [0.29, 0.717) is 31.2 Å². The summed E-state index contributed by atoms with van der Waals surface area (Å²) >= 11 is 0. The summed E-state index contributed by atoms with van der Waals surface area (Å²) in [5.41, 5.74) is 6.63. The lowest BCUT2D eigenvalue weighted by molar-refractivity contribution is -0.137. The molecule has 1 heterocycles. The first kappa shape index (κ1) is 28.6. The lowest BCUT2D eigenvalue weighted by Gasteiger charge is -2.33. The van der Waals surface area contributed by atoms with E-state index in [1.54, 1.807) is 18.2 Å². The predicted molar refractivity (Wildman–Crippen MR) is 152 cm³/mol. The fourth-order valence-electron chi connectivity index (χ4n) is 5.68. The fourth-order valence-corrected chi connectivity index (χ4v) is 5.68. The number of alkyl halides is 4. The lowest BCUT2D eigenvalue weighted by atomic mass is 9.86. The number of rotatable bonds is 8. The van der Waals surface area contributed by atoms with Crippen molar-refractivity contribution in [2.45, 2.75) is 31.9 Å². The maximum atomic E-state index is 13.5. The summed E-state index contributed by atoms with van der Waals surface area (Å²) in [6, 6.07) is 16.7. The Kier molecular flexibility index (Phi) is 8.31. The Balaban J connectivity index is 1.59. The molecule has 4 nitrogen and oxygen atoms in total. The molecule has 8 heteroatoms. The van der Waals surface area contributed by atoms with Gasteiger partial charge in [0.2, 0.25) is 0 Å². The van der Waals surface area contributed by atoms with Gasteiger partial charge < -0.3 is 9.84 Å². The Bertz CT molecular complexity index is 1500. The highest BCUT2D eigenvalue weighted by Crippen LogP contribution is 2.44. The second kappa shape index (κ2) is 11.9. The minimum Gasteiger partial charge on any atom is -0.496 e. The van der Waals surface area contributed by atoms with E-state index in [1.165, 1.54) is 18.7 Å². The maximum Gasteiger partial charge on any atom is 0.416 e. The molecule has 0 spiro atoms. The summed E-state index contributed by atoms with van der Waals surface area (Å²) in [5.74, 6) is -0.870. The summed E-state index contributed by atoms with van der Waals surface area (Å²) < 4.78 is 58.4. The first-order valence-corrected chi connectivity index (χ1v) is 13.6. The second-order valence-electron chi connectivity index (χ2n) is 10.5. The minimum absolute atomic E-state index is 0.140. The van der Waals surface area contributed by atoms with Gasteiger partial charge >= 0.3 is 12.1 Å². The summed E-state index contributed by atoms with van der Waals surface area (Å²) in [6.45, 7) is 2.09. The van der Waals surface area contributed by atoms with E-state index in [-0.39, 0.29) is 18.0 Å². The number of fused-ring (bicyclic) bond motifs is 1. The van der Waals surface area contributed by atoms with Gasteiger partial charge in [0.25, 0.3) is 0 Å². The van der Waals surface area contributed by atoms with Crippen molar-refractivity contribution in [1.29, 1.82) is 0 Å². The highest BCUT2D eigenvalue weighted by Gasteiger charge is 2.32. The van der Waals surface area contributed by atoms with Crippen LogP contribution in [-0.4, -0.2) is 49.4 Å². The lowest BCUT2D eigenvalue weighted by Crippen LogP contribution is -2.40. The molecule has 0 bridgehead atoms. The number of carboxylic acid groups (broad SMARTS) is 1. The van der Waals surface area contributed by atoms with Crippen LogP contribution in [0.25, 0.3) is 17.2 Å². The molecule has 3 aromatic carbocycles. The van der Waals surface area contributed by atoms with Crippen molar-refractivity contribution < 1.29 is 32.2 Å². The van der Waals surface area contributed by atoms with Gasteiger partial charge in [-0.3, -0.25) is 9.29 Å². The van der Waals surface area contributed by atoms with Crippen molar-refractivity contribution in [1.82, 2.24) is 4.90 Å². The molecule has 1 N–H and O–H groups in total. The molecule has 1 saturated heterocycles. The van der Waals surface area contributed by atoms with E-state index in [0.717, 1.165) is 65.2 Å². The first-order valence-electron chi connectivity index (χ1n) is 13.6. The van der Waals surface area contributed by atoms with Gasteiger partial charge in [0.05, 0.1) is 24.9 Å². The zero-order chi connectivity index (χ0) is 29.1. The van der Waals surface area contributed by atoms with Gasteiger partial charge in [-0.2, -0.15) is 13.2 Å². The van der Waals surface area contributed by atoms with Gasteiger partial charge in [-0.15, -0.1) is 0 Å². The van der Waals surface area contributed by atoms with Crippen LogP contribution in [0.2, 0.25) is 0 Å². The molecule has 0 aromatic heterocycles. The van der Waals surface area contributed by atoms with Crippen LogP contribution in [0.1, 0.15) is 63.0 Å². The van der Waals surface area contributed by atoms with E-state index in [9.17, 15) is 27.5 Å². The molecule has 0 unspecified atom stereocenters. The van der Waals surface area contributed by atoms with E-state index in [2.05, 4.69) is 11.0 Å². The number of methoxy groups -OCH3 is 1. The summed E-state index contributed by atoms with van der Waals surface area (Å²) in [5, 5.41) is 9.57. The van der Waals surface area contributed by atoms with E-state index in [4.69, 9.17) is 4.74 Å². The van der Waals surface area contributed by atoms with E-state index < -0.39 is 17.7 Å². The standard InChI is InChI=1S/C33H31F4NO3/c1-41-30-18-26(33(35,36)37)11-13-28(30)29-5-2-4-24-17-25(32(39)40)10-12-27(24)31(29)23-8-6-21(7-9-23)16-22-19-38(20-22)15-3-14-34/h6-13,16-18H,2-5,14-15,19-20H2,1H3,(H,39,40). The van der Waals surface area contributed by atoms with Crippen molar-refractivity contribution in [3.8, 4) is 5.75 Å². The molecule has 1 aliphatic carbocycles. The number of aryl methyl sites for hydroxylation is 1. The number of nitrogens with zero attached hydrogens (tertiary/aromatic N) is 1. The van der Waals surface area contributed by atoms with Gasteiger partial charge in [0.15, 0.2) is 0 Å². The van der Waals surface area contributed by atoms with Gasteiger partial charge in [-0.1, -0.05) is 42.5 Å². The maximum absolute atomic E-state index is 13.5. The van der Waals surface area contributed by atoms with Crippen LogP contribution in [-0.2, 0) is 12.6 Å². The number of carboxylic acids is 1. The van der Waals surface area contributed by atoms with Crippen LogP contribution < -0.4 is 4.74 Å². The second-order valence-corrected chi connectivity index (χ2v) is 10.5. The minimum atomic E-state index is -4.50. The number of hydrogen-bond donors (Lipinski definition) is 1. The van der Waals surface area contributed by atoms with Crippen LogP contribution >= 0.6 is 0 Å². The van der Waals surface area contributed by atoms with E-state index in [1.807, 2.05) is 24.3 Å². The highest BCUT2D eigenvalue weighted by atomic mass is 19.4. The summed E-state index contributed by atoms with van der Waals surface area (Å²) in [4.78, 5) is 13.9. The number of ether oxygens (including phenoxy) is 1. The van der Waals surface area contributed by atoms with E-state index >= 15 is 0 Å². The predicted octanol–water partition coefficient (Wildman–Crippen LogP) is 7.77. The van der Waals surface area contributed by atoms with Crippen molar-refractivity contribution in [3.63, 3.8) is 0 Å². The van der Waals surface area contributed by atoms with Crippen molar-refractivity contribution in [2.75, 3.05) is 33.4 Å². The first-order chi connectivity index (χ1) is 19.7. The van der Waals surface area contributed by atoms with Crippen molar-refractivity contribution >= 4 is 23.2 Å². The SMILES string of the molecule is COc1cc(C(F)(F)F)ccc1C1=C(c2ccc(C=C3CN(CCCF)C3)cc2)c2ccc(C(=O)O)cc2CCC1. The average Bonchev–Trinajstić information content (AvgIpc) is 3.12. The molecule has 3 aromatic rings. The number of benzene rings is 3. The normalized spacial score (nSPS) is 15.7. The number of hydrogen-bond acceptors (Lipinski definition) is 3. The van der Waals surface area contributed by atoms with Gasteiger partial charge in [-0.05, 0) is 88.9 Å². The molecular formula is C33H31F4NO3. The molecule has 1 fully saturated rings. The quantitative estimate of drug-likeness (QED) is 0.284. The third-order valence-electron chi connectivity index (χ3n) is 7.68. The van der Waals surface area contributed by atoms with Gasteiger partial charge in [0.1, 0.15) is 5.75 Å². The third kappa shape index (κ3) is 6.22. The van der Waals surface area contributed by atoms with Crippen LogP contribution in [0.4, 0.5) is 17.6 Å². The summed E-state index contributed by atoms with van der Waals surface area (Å²) in [6.07, 6.45) is 0.0797. The molecule has 5 rings (SSSR count). The molecule has 41 heavy (non-hydrogen) atoms. The average molecular weight is 566 g/mol. The topological polar surface area (TPSA) is 49.8 Å². The third-order valence-corrected chi connectivity index (χ3v) is 7.68. The van der Waals surface area contributed by atoms with Crippen molar-refractivity contribution in [2.24, 2.45) is 0 Å². The van der Waals surface area contributed by atoms with Gasteiger partial charge in [-0.25, -0.2) is 4.79 Å². The number of aromatic carboxylic acids is 1. The molecular weight excluding hydrogens is 534 g/mol. The van der Waals surface area contributed by atoms with Crippen molar-refractivity contribution in [3.05, 3.63) is 105 Å². The van der Waals surface area contributed by atoms with Gasteiger partial charge in [0, 0.05) is 25.2 Å². The Labute approximate surface area is 236 Å². The molecule has 1 aliphatic heterocycles. The molecule has 0 amide bonds. The van der Waals surface area contributed by atoms with Crippen LogP contribution in [0.3, 0.4) is 0 Å². The molecule has 0 radical (unpaired) electrons. The van der Waals surface area contributed by atoms with Crippen LogP contribution in [0.5, 0.6) is 5.75 Å². The Morgan fingerprint density at radius 1 is 1.00 bits per heavy atom. The smallest absolute Gasteiger partial charge is 0.416 e. The zero-order valence-corrected chi connectivity index (χ0v) is 22.7. The summed E-state index contributed by atoms with van der Waals surface area (Å²) in [7, 11) is 1.37. The molecule has 0 atom stereocenters. The Morgan fingerprint density at radius 2 is 1.73 bits per heavy atom. The highest BCUT2D eigenvalue weighted by molar-refractivity contribution is 6.01. The monoisotopic (exact) mass is 565 g/mol. The molecule has 2 aliphatic rings. The number of likely N-dealkylation sites (tertiary alicyclic amines) is 1. The van der Waals surface area contributed by atoms with Crippen LogP contribution in [0, 0.1) is 0 Å². The van der Waals surface area contributed by atoms with Crippen LogP contribution in [0.15, 0.2) is 66.2 Å². The molecule has 0 saturated carbocycles.